The van der Waals surface area contributed by atoms with E-state index in [0.29, 0.717) is 26.1 Å². The van der Waals surface area contributed by atoms with Crippen molar-refractivity contribution in [2.24, 2.45) is 0 Å². The third-order valence-corrected chi connectivity index (χ3v) is 3.04. The van der Waals surface area contributed by atoms with E-state index >= 15 is 0 Å². The van der Waals surface area contributed by atoms with Crippen molar-refractivity contribution < 1.29 is 14.6 Å². The standard InChI is InChI=1S/C16H28O3/c1-2-3-13-16(18)19-15-12-10-8-6-4-5-7-9-11-14-17/h1,17H,3-15H2. The van der Waals surface area contributed by atoms with E-state index < -0.39 is 0 Å². The lowest BCUT2D eigenvalue weighted by Gasteiger charge is -2.04. The summed E-state index contributed by atoms with van der Waals surface area (Å²) < 4.78 is 5.06. The van der Waals surface area contributed by atoms with Gasteiger partial charge in [-0.25, -0.2) is 0 Å². The van der Waals surface area contributed by atoms with Crippen molar-refractivity contribution in [3.8, 4) is 12.3 Å². The molecule has 3 heteroatoms. The van der Waals surface area contributed by atoms with E-state index in [4.69, 9.17) is 16.3 Å². The zero-order chi connectivity index (χ0) is 14.2. The van der Waals surface area contributed by atoms with Gasteiger partial charge in [0.15, 0.2) is 0 Å². The molecule has 0 aromatic rings. The number of aliphatic hydroxyl groups is 1. The van der Waals surface area contributed by atoms with Crippen molar-refractivity contribution in [1.29, 1.82) is 0 Å². The Morgan fingerprint density at radius 1 is 0.947 bits per heavy atom. The Labute approximate surface area is 117 Å². The molecule has 0 spiro atoms. The highest BCUT2D eigenvalue weighted by Gasteiger charge is 2.00. The average Bonchev–Trinajstić information content (AvgIpc) is 2.42. The lowest BCUT2D eigenvalue weighted by atomic mass is 10.1. The van der Waals surface area contributed by atoms with Gasteiger partial charge in [0.25, 0.3) is 0 Å². The summed E-state index contributed by atoms with van der Waals surface area (Å²) in [6, 6.07) is 0. The highest BCUT2D eigenvalue weighted by molar-refractivity contribution is 5.69. The Hall–Kier alpha value is -1.01. The molecule has 0 aliphatic carbocycles. The zero-order valence-electron chi connectivity index (χ0n) is 12.0. The molecule has 0 saturated carbocycles. The number of hydrogen-bond donors (Lipinski definition) is 1. The van der Waals surface area contributed by atoms with Gasteiger partial charge in [0.2, 0.25) is 0 Å². The monoisotopic (exact) mass is 268 g/mol. The molecule has 0 fully saturated rings. The molecule has 3 nitrogen and oxygen atoms in total. The van der Waals surface area contributed by atoms with Crippen LogP contribution in [0.15, 0.2) is 0 Å². The first kappa shape index (κ1) is 18.0. The van der Waals surface area contributed by atoms with Crippen LogP contribution in [0, 0.1) is 12.3 Å². The van der Waals surface area contributed by atoms with Gasteiger partial charge in [-0.2, -0.15) is 0 Å². The molecule has 0 amide bonds. The molecule has 0 aromatic heterocycles. The second kappa shape index (κ2) is 15.0. The number of rotatable bonds is 13. The largest absolute Gasteiger partial charge is 0.466 e. The second-order valence-corrected chi connectivity index (χ2v) is 4.83. The summed E-state index contributed by atoms with van der Waals surface area (Å²) in [5.41, 5.74) is 0. The minimum absolute atomic E-state index is 0.179. The van der Waals surface area contributed by atoms with Crippen molar-refractivity contribution in [3.05, 3.63) is 0 Å². The fraction of sp³-hybridized carbons (Fsp3) is 0.812. The number of esters is 1. The summed E-state index contributed by atoms with van der Waals surface area (Å²) in [5.74, 6) is 2.25. The predicted octanol–water partition coefficient (Wildman–Crippen LogP) is 3.45. The molecule has 0 radical (unpaired) electrons. The van der Waals surface area contributed by atoms with Crippen LogP contribution in [-0.4, -0.2) is 24.3 Å². The molecule has 19 heavy (non-hydrogen) atoms. The third-order valence-electron chi connectivity index (χ3n) is 3.04. The smallest absolute Gasteiger partial charge is 0.306 e. The highest BCUT2D eigenvalue weighted by Crippen LogP contribution is 2.09. The Balaban J connectivity index is 3.07. The summed E-state index contributed by atoms with van der Waals surface area (Å²) in [7, 11) is 0. The van der Waals surface area contributed by atoms with Crippen LogP contribution in [0.3, 0.4) is 0 Å². The lowest BCUT2D eigenvalue weighted by Crippen LogP contribution is -2.05. The third kappa shape index (κ3) is 14.9. The first-order valence-corrected chi connectivity index (χ1v) is 7.51. The van der Waals surface area contributed by atoms with Crippen molar-refractivity contribution in [1.82, 2.24) is 0 Å². The minimum Gasteiger partial charge on any atom is -0.466 e. The summed E-state index contributed by atoms with van der Waals surface area (Å²) in [6.07, 6.45) is 16.3. The molecule has 110 valence electrons. The molecule has 0 bridgehead atoms. The van der Waals surface area contributed by atoms with Gasteiger partial charge in [-0.3, -0.25) is 4.79 Å². The van der Waals surface area contributed by atoms with Crippen LogP contribution < -0.4 is 0 Å². The Morgan fingerprint density at radius 3 is 2.00 bits per heavy atom. The zero-order valence-corrected chi connectivity index (χ0v) is 12.0. The maximum atomic E-state index is 11.1. The molecule has 1 N–H and O–H groups in total. The number of unbranched alkanes of at least 4 members (excludes halogenated alkanes) is 8. The molecular formula is C16H28O3. The van der Waals surface area contributed by atoms with Crippen molar-refractivity contribution in [2.75, 3.05) is 13.2 Å². The molecule has 0 aromatic carbocycles. The molecule has 0 saturated heterocycles. The van der Waals surface area contributed by atoms with E-state index in [1.807, 2.05) is 0 Å². The first-order chi connectivity index (χ1) is 9.31. The number of aliphatic hydroxyl groups excluding tert-OH is 1. The van der Waals surface area contributed by atoms with E-state index in [1.165, 1.54) is 32.1 Å². The van der Waals surface area contributed by atoms with Crippen LogP contribution >= 0.6 is 0 Å². The van der Waals surface area contributed by atoms with E-state index in [9.17, 15) is 4.79 Å². The topological polar surface area (TPSA) is 46.5 Å². The minimum atomic E-state index is -0.179. The SMILES string of the molecule is C#CCCC(=O)OCCCCCCCCCCCO. The lowest BCUT2D eigenvalue weighted by molar-refractivity contribution is -0.143. The number of ether oxygens (including phenoxy) is 1. The van der Waals surface area contributed by atoms with Gasteiger partial charge < -0.3 is 9.84 Å². The van der Waals surface area contributed by atoms with Gasteiger partial charge in [-0.05, 0) is 12.8 Å². The first-order valence-electron chi connectivity index (χ1n) is 7.51. The fourth-order valence-electron chi connectivity index (χ4n) is 1.88. The molecular weight excluding hydrogens is 240 g/mol. The van der Waals surface area contributed by atoms with Gasteiger partial charge in [0.05, 0.1) is 13.0 Å². The average molecular weight is 268 g/mol. The van der Waals surface area contributed by atoms with Crippen LogP contribution in [-0.2, 0) is 9.53 Å². The summed E-state index contributed by atoms with van der Waals surface area (Å²) >= 11 is 0. The quantitative estimate of drug-likeness (QED) is 0.316. The maximum Gasteiger partial charge on any atom is 0.306 e. The molecule has 0 heterocycles. The van der Waals surface area contributed by atoms with Crippen LogP contribution in [0.25, 0.3) is 0 Å². The highest BCUT2D eigenvalue weighted by atomic mass is 16.5. The van der Waals surface area contributed by atoms with Crippen LogP contribution in [0.5, 0.6) is 0 Å². The molecule has 0 unspecified atom stereocenters. The van der Waals surface area contributed by atoms with Gasteiger partial charge in [-0.15, -0.1) is 12.3 Å². The van der Waals surface area contributed by atoms with Crippen LogP contribution in [0.2, 0.25) is 0 Å². The van der Waals surface area contributed by atoms with Crippen molar-refractivity contribution >= 4 is 5.97 Å². The van der Waals surface area contributed by atoms with Gasteiger partial charge >= 0.3 is 5.97 Å². The van der Waals surface area contributed by atoms with Crippen molar-refractivity contribution in [2.45, 2.75) is 70.6 Å². The number of hydrogen-bond acceptors (Lipinski definition) is 3. The van der Waals surface area contributed by atoms with Crippen LogP contribution in [0.1, 0.15) is 70.6 Å². The Kier molecular flexibility index (Phi) is 14.2. The van der Waals surface area contributed by atoms with E-state index in [1.54, 1.807) is 0 Å². The molecule has 0 atom stereocenters. The van der Waals surface area contributed by atoms with Crippen molar-refractivity contribution in [3.63, 3.8) is 0 Å². The number of terminal acetylenes is 1. The molecule has 0 rings (SSSR count). The summed E-state index contributed by atoms with van der Waals surface area (Å²) in [6.45, 7) is 0.847. The fourth-order valence-corrected chi connectivity index (χ4v) is 1.88. The predicted molar refractivity (Wildman–Crippen MR) is 77.7 cm³/mol. The Bertz CT molecular complexity index is 243. The van der Waals surface area contributed by atoms with Crippen LogP contribution in [0.4, 0.5) is 0 Å². The molecule has 0 aliphatic rings. The van der Waals surface area contributed by atoms with E-state index in [-0.39, 0.29) is 5.97 Å². The molecule has 0 aliphatic heterocycles. The van der Waals surface area contributed by atoms with Gasteiger partial charge in [0, 0.05) is 13.0 Å². The Morgan fingerprint density at radius 2 is 1.47 bits per heavy atom. The summed E-state index contributed by atoms with van der Waals surface area (Å²) in [5, 5.41) is 8.63. The van der Waals surface area contributed by atoms with E-state index in [2.05, 4.69) is 5.92 Å². The summed E-state index contributed by atoms with van der Waals surface area (Å²) in [4.78, 5) is 11.1. The number of carbonyl (C=O) groups is 1. The number of carbonyl (C=O) groups excluding carboxylic acids is 1. The normalized spacial score (nSPS) is 10.1. The van der Waals surface area contributed by atoms with Gasteiger partial charge in [0.1, 0.15) is 0 Å². The van der Waals surface area contributed by atoms with Gasteiger partial charge in [-0.1, -0.05) is 44.9 Å². The second-order valence-electron chi connectivity index (χ2n) is 4.83. The van der Waals surface area contributed by atoms with E-state index in [0.717, 1.165) is 25.7 Å². The maximum absolute atomic E-state index is 11.1.